The van der Waals surface area contributed by atoms with E-state index in [1.807, 2.05) is 13.8 Å². The lowest BCUT2D eigenvalue weighted by Gasteiger charge is -2.18. The maximum absolute atomic E-state index is 12.3. The summed E-state index contributed by atoms with van der Waals surface area (Å²) in [6.45, 7) is 4.56. The number of carbonyl (C=O) groups is 3. The summed E-state index contributed by atoms with van der Waals surface area (Å²) in [7, 11) is 2.84. The van der Waals surface area contributed by atoms with Gasteiger partial charge in [0, 0.05) is 24.3 Å². The SMILES string of the molecule is CCN(CC)C(=O)c1ccc(NC(=O)COC(=O)c2cc(Cl)c(OC)c(OC)c2)cc1. The zero-order valence-corrected chi connectivity index (χ0v) is 18.6. The van der Waals surface area contributed by atoms with Crippen molar-refractivity contribution in [2.45, 2.75) is 13.8 Å². The van der Waals surface area contributed by atoms with Crippen molar-refractivity contribution in [1.82, 2.24) is 4.90 Å². The average Bonchev–Trinajstić information content (AvgIpc) is 2.78. The molecule has 8 nitrogen and oxygen atoms in total. The Balaban J connectivity index is 1.95. The smallest absolute Gasteiger partial charge is 0.338 e. The Morgan fingerprint density at radius 1 is 0.968 bits per heavy atom. The molecule has 2 aromatic rings. The van der Waals surface area contributed by atoms with E-state index in [0.29, 0.717) is 30.1 Å². The Morgan fingerprint density at radius 2 is 1.61 bits per heavy atom. The molecule has 0 aliphatic carbocycles. The van der Waals surface area contributed by atoms with E-state index in [1.54, 1.807) is 29.2 Å². The van der Waals surface area contributed by atoms with Gasteiger partial charge in [-0.2, -0.15) is 0 Å². The standard InChI is InChI=1S/C22H25ClN2O6/c1-5-25(6-2)21(27)14-7-9-16(10-8-14)24-19(26)13-31-22(28)15-11-17(23)20(30-4)18(12-15)29-3/h7-12H,5-6,13H2,1-4H3,(H,24,26). The monoisotopic (exact) mass is 448 g/mol. The number of anilines is 1. The summed E-state index contributed by atoms with van der Waals surface area (Å²) in [4.78, 5) is 38.4. The van der Waals surface area contributed by atoms with E-state index >= 15 is 0 Å². The van der Waals surface area contributed by atoms with Crippen molar-refractivity contribution in [2.24, 2.45) is 0 Å². The van der Waals surface area contributed by atoms with Crippen molar-refractivity contribution in [2.75, 3.05) is 39.2 Å². The Bertz CT molecular complexity index is 942. The van der Waals surface area contributed by atoms with Crippen LogP contribution < -0.4 is 14.8 Å². The number of rotatable bonds is 9. The summed E-state index contributed by atoms with van der Waals surface area (Å²) in [5.74, 6) is -0.779. The van der Waals surface area contributed by atoms with Crippen LogP contribution in [0.1, 0.15) is 34.6 Å². The van der Waals surface area contributed by atoms with E-state index in [2.05, 4.69) is 5.32 Å². The van der Waals surface area contributed by atoms with Crippen molar-refractivity contribution >= 4 is 35.1 Å². The third-order valence-corrected chi connectivity index (χ3v) is 4.75. The van der Waals surface area contributed by atoms with Gasteiger partial charge in [-0.1, -0.05) is 11.6 Å². The molecule has 0 saturated carbocycles. The molecule has 0 aromatic heterocycles. The molecular weight excluding hydrogens is 424 g/mol. The van der Waals surface area contributed by atoms with Gasteiger partial charge in [0.05, 0.1) is 24.8 Å². The van der Waals surface area contributed by atoms with Crippen molar-refractivity contribution in [3.05, 3.63) is 52.5 Å². The fourth-order valence-electron chi connectivity index (χ4n) is 2.84. The molecule has 2 aromatic carbocycles. The molecule has 1 N–H and O–H groups in total. The van der Waals surface area contributed by atoms with Gasteiger partial charge >= 0.3 is 5.97 Å². The number of hydrogen-bond acceptors (Lipinski definition) is 6. The van der Waals surface area contributed by atoms with Gasteiger partial charge < -0.3 is 24.4 Å². The van der Waals surface area contributed by atoms with Gasteiger partial charge in [0.25, 0.3) is 11.8 Å². The molecule has 9 heteroatoms. The number of methoxy groups -OCH3 is 2. The molecule has 0 heterocycles. The highest BCUT2D eigenvalue weighted by molar-refractivity contribution is 6.32. The fraction of sp³-hybridized carbons (Fsp3) is 0.318. The molecule has 31 heavy (non-hydrogen) atoms. The molecular formula is C22H25ClN2O6. The summed E-state index contributed by atoms with van der Waals surface area (Å²) in [5, 5.41) is 2.79. The lowest BCUT2D eigenvalue weighted by molar-refractivity contribution is -0.119. The quantitative estimate of drug-likeness (QED) is 0.588. The third kappa shape index (κ3) is 6.11. The number of halogens is 1. The first-order chi connectivity index (χ1) is 14.8. The first-order valence-electron chi connectivity index (χ1n) is 9.62. The minimum Gasteiger partial charge on any atom is -0.493 e. The molecule has 0 aliphatic rings. The van der Waals surface area contributed by atoms with Crippen LogP contribution in [0.4, 0.5) is 5.69 Å². The van der Waals surface area contributed by atoms with Crippen LogP contribution in [0.25, 0.3) is 0 Å². The highest BCUT2D eigenvalue weighted by Gasteiger charge is 2.17. The second kappa shape index (κ2) is 11.2. The van der Waals surface area contributed by atoms with E-state index in [-0.39, 0.29) is 22.2 Å². The molecule has 0 saturated heterocycles. The summed E-state index contributed by atoms with van der Waals surface area (Å²) in [6.07, 6.45) is 0. The summed E-state index contributed by atoms with van der Waals surface area (Å²) >= 11 is 6.08. The maximum Gasteiger partial charge on any atom is 0.338 e. The van der Waals surface area contributed by atoms with E-state index < -0.39 is 18.5 Å². The predicted molar refractivity (Wildman–Crippen MR) is 117 cm³/mol. The van der Waals surface area contributed by atoms with Crippen LogP contribution in [0, 0.1) is 0 Å². The van der Waals surface area contributed by atoms with Crippen molar-refractivity contribution in [1.29, 1.82) is 0 Å². The molecule has 0 radical (unpaired) electrons. The van der Waals surface area contributed by atoms with E-state index in [4.69, 9.17) is 25.8 Å². The predicted octanol–water partition coefficient (Wildman–Crippen LogP) is 3.63. The van der Waals surface area contributed by atoms with Crippen LogP contribution in [0.15, 0.2) is 36.4 Å². The lowest BCUT2D eigenvalue weighted by atomic mass is 10.1. The van der Waals surface area contributed by atoms with Crippen LogP contribution >= 0.6 is 11.6 Å². The molecule has 0 bridgehead atoms. The van der Waals surface area contributed by atoms with Crippen molar-refractivity contribution in [3.8, 4) is 11.5 Å². The first kappa shape index (κ1) is 24.0. The minimum absolute atomic E-state index is 0.0783. The number of benzene rings is 2. The molecule has 2 rings (SSSR count). The zero-order chi connectivity index (χ0) is 23.0. The fourth-order valence-corrected chi connectivity index (χ4v) is 3.12. The van der Waals surface area contributed by atoms with Gasteiger partial charge in [-0.25, -0.2) is 4.79 Å². The highest BCUT2D eigenvalue weighted by atomic mass is 35.5. The molecule has 2 amide bonds. The summed E-state index contributed by atoms with van der Waals surface area (Å²) < 4.78 is 15.3. The number of amides is 2. The molecule has 0 spiro atoms. The van der Waals surface area contributed by atoms with Crippen molar-refractivity contribution in [3.63, 3.8) is 0 Å². The number of ether oxygens (including phenoxy) is 3. The van der Waals surface area contributed by atoms with Crippen molar-refractivity contribution < 1.29 is 28.6 Å². The van der Waals surface area contributed by atoms with Crippen LogP contribution in [-0.2, 0) is 9.53 Å². The molecule has 0 aliphatic heterocycles. The Morgan fingerprint density at radius 3 is 2.16 bits per heavy atom. The lowest BCUT2D eigenvalue weighted by Crippen LogP contribution is -2.30. The number of esters is 1. The number of carbonyl (C=O) groups excluding carboxylic acids is 3. The minimum atomic E-state index is -0.738. The van der Waals surface area contributed by atoms with E-state index in [9.17, 15) is 14.4 Å². The maximum atomic E-state index is 12.3. The molecule has 0 unspecified atom stereocenters. The first-order valence-corrected chi connectivity index (χ1v) is 10.00. The molecule has 0 fully saturated rings. The Labute approximate surface area is 186 Å². The Hall–Kier alpha value is -3.26. The average molecular weight is 449 g/mol. The van der Waals surface area contributed by atoms with Gasteiger partial charge in [-0.15, -0.1) is 0 Å². The van der Waals surface area contributed by atoms with E-state index in [0.717, 1.165) is 0 Å². The van der Waals surface area contributed by atoms with Crippen LogP contribution in [0.2, 0.25) is 5.02 Å². The number of nitrogens with one attached hydrogen (secondary N) is 1. The second-order valence-electron chi connectivity index (χ2n) is 6.37. The van der Waals surface area contributed by atoms with Gasteiger partial charge in [0.15, 0.2) is 18.1 Å². The number of nitrogens with zero attached hydrogens (tertiary/aromatic N) is 1. The topological polar surface area (TPSA) is 94.2 Å². The van der Waals surface area contributed by atoms with Gasteiger partial charge in [-0.05, 0) is 50.2 Å². The normalized spacial score (nSPS) is 10.2. The van der Waals surface area contributed by atoms with Gasteiger partial charge in [0.2, 0.25) is 0 Å². The zero-order valence-electron chi connectivity index (χ0n) is 17.9. The summed E-state index contributed by atoms with van der Waals surface area (Å²) in [5.41, 5.74) is 1.12. The largest absolute Gasteiger partial charge is 0.493 e. The van der Waals surface area contributed by atoms with Crippen LogP contribution in [-0.4, -0.2) is 56.6 Å². The number of hydrogen-bond donors (Lipinski definition) is 1. The van der Waals surface area contributed by atoms with Gasteiger partial charge in [0.1, 0.15) is 0 Å². The summed E-state index contributed by atoms with van der Waals surface area (Å²) in [6, 6.07) is 9.28. The molecule has 0 atom stereocenters. The third-order valence-electron chi connectivity index (χ3n) is 4.47. The Kier molecular flexibility index (Phi) is 8.69. The molecule has 166 valence electrons. The van der Waals surface area contributed by atoms with Crippen LogP contribution in [0.5, 0.6) is 11.5 Å². The van der Waals surface area contributed by atoms with E-state index in [1.165, 1.54) is 26.4 Å². The second-order valence-corrected chi connectivity index (χ2v) is 6.78. The van der Waals surface area contributed by atoms with Crippen LogP contribution in [0.3, 0.4) is 0 Å². The highest BCUT2D eigenvalue weighted by Crippen LogP contribution is 2.36. The van der Waals surface area contributed by atoms with Gasteiger partial charge in [-0.3, -0.25) is 9.59 Å².